The Balaban J connectivity index is 2.24. The Bertz CT molecular complexity index is 501. The van der Waals surface area contributed by atoms with Crippen LogP contribution in [0.5, 0.6) is 0 Å². The maximum absolute atomic E-state index is 10.9. The second kappa shape index (κ2) is 4.73. The molecule has 0 saturated heterocycles. The quantitative estimate of drug-likeness (QED) is 0.648. The SMILES string of the molecule is CC(C(=O)O)N1CCc2ccc([N+](=O)[O-])cc2C1. The van der Waals surface area contributed by atoms with Gasteiger partial charge in [0.1, 0.15) is 6.04 Å². The highest BCUT2D eigenvalue weighted by molar-refractivity contribution is 5.73. The van der Waals surface area contributed by atoms with Gasteiger partial charge in [-0.3, -0.25) is 19.8 Å². The van der Waals surface area contributed by atoms with Crippen molar-refractivity contribution in [2.24, 2.45) is 0 Å². The highest BCUT2D eigenvalue weighted by Gasteiger charge is 2.25. The van der Waals surface area contributed by atoms with Gasteiger partial charge in [-0.05, 0) is 24.5 Å². The summed E-state index contributed by atoms with van der Waals surface area (Å²) in [4.78, 5) is 23.0. The topological polar surface area (TPSA) is 83.7 Å². The number of aliphatic carboxylic acids is 1. The van der Waals surface area contributed by atoms with Crippen LogP contribution in [0, 0.1) is 10.1 Å². The Hall–Kier alpha value is -1.95. The lowest BCUT2D eigenvalue weighted by molar-refractivity contribution is -0.385. The van der Waals surface area contributed by atoms with Gasteiger partial charge >= 0.3 is 5.97 Å². The lowest BCUT2D eigenvalue weighted by Gasteiger charge is -2.31. The van der Waals surface area contributed by atoms with Gasteiger partial charge in [0.2, 0.25) is 0 Å². The highest BCUT2D eigenvalue weighted by Crippen LogP contribution is 2.24. The Morgan fingerprint density at radius 2 is 2.22 bits per heavy atom. The number of nitrogens with zero attached hydrogens (tertiary/aromatic N) is 2. The summed E-state index contributed by atoms with van der Waals surface area (Å²) in [5, 5.41) is 19.7. The number of non-ortho nitro benzene ring substituents is 1. The number of carboxylic acids is 1. The molecule has 1 atom stereocenters. The zero-order valence-electron chi connectivity index (χ0n) is 10.00. The van der Waals surface area contributed by atoms with Gasteiger partial charge in [0.15, 0.2) is 0 Å². The molecule has 0 radical (unpaired) electrons. The molecule has 1 N–H and O–H groups in total. The van der Waals surface area contributed by atoms with E-state index in [9.17, 15) is 14.9 Å². The Morgan fingerprint density at radius 1 is 1.50 bits per heavy atom. The number of nitro groups is 1. The lowest BCUT2D eigenvalue weighted by atomic mass is 9.98. The number of carbonyl (C=O) groups is 1. The van der Waals surface area contributed by atoms with Crippen molar-refractivity contribution in [1.82, 2.24) is 4.90 Å². The molecular weight excluding hydrogens is 236 g/mol. The minimum absolute atomic E-state index is 0.0542. The van der Waals surface area contributed by atoms with Gasteiger partial charge in [0, 0.05) is 25.2 Å². The standard InChI is InChI=1S/C12H14N2O4/c1-8(12(15)16)13-5-4-9-2-3-11(14(17)18)6-10(9)7-13/h2-3,6,8H,4-5,7H2,1H3,(H,15,16). The van der Waals surface area contributed by atoms with Gasteiger partial charge in [0.05, 0.1) is 4.92 Å². The van der Waals surface area contributed by atoms with Crippen LogP contribution in [0.15, 0.2) is 18.2 Å². The molecule has 1 aliphatic heterocycles. The van der Waals surface area contributed by atoms with E-state index in [0.29, 0.717) is 13.1 Å². The van der Waals surface area contributed by atoms with Crippen LogP contribution in [0.4, 0.5) is 5.69 Å². The normalized spacial score (nSPS) is 16.9. The zero-order chi connectivity index (χ0) is 13.3. The maximum Gasteiger partial charge on any atom is 0.320 e. The molecule has 1 heterocycles. The summed E-state index contributed by atoms with van der Waals surface area (Å²) >= 11 is 0. The van der Waals surface area contributed by atoms with Crippen molar-refractivity contribution in [3.63, 3.8) is 0 Å². The van der Waals surface area contributed by atoms with E-state index in [-0.39, 0.29) is 5.69 Å². The largest absolute Gasteiger partial charge is 0.480 e. The third-order valence-corrected chi connectivity index (χ3v) is 3.35. The first-order chi connectivity index (χ1) is 8.49. The summed E-state index contributed by atoms with van der Waals surface area (Å²) in [5.41, 5.74) is 1.97. The van der Waals surface area contributed by atoms with Crippen molar-refractivity contribution < 1.29 is 14.8 Å². The van der Waals surface area contributed by atoms with Crippen molar-refractivity contribution in [2.45, 2.75) is 25.9 Å². The number of hydrogen-bond donors (Lipinski definition) is 1. The van der Waals surface area contributed by atoms with Crippen molar-refractivity contribution in [2.75, 3.05) is 6.54 Å². The summed E-state index contributed by atoms with van der Waals surface area (Å²) in [6.07, 6.45) is 0.727. The molecule has 6 nitrogen and oxygen atoms in total. The van der Waals surface area contributed by atoms with E-state index in [0.717, 1.165) is 17.5 Å². The van der Waals surface area contributed by atoms with Crippen LogP contribution < -0.4 is 0 Å². The van der Waals surface area contributed by atoms with Gasteiger partial charge in [0.25, 0.3) is 5.69 Å². The van der Waals surface area contributed by atoms with E-state index in [1.165, 1.54) is 12.1 Å². The zero-order valence-corrected chi connectivity index (χ0v) is 10.00. The molecule has 0 fully saturated rings. The molecule has 96 valence electrons. The lowest BCUT2D eigenvalue weighted by Crippen LogP contribution is -2.42. The number of carboxylic acid groups (broad SMARTS) is 1. The summed E-state index contributed by atoms with van der Waals surface area (Å²) in [6.45, 7) is 2.74. The Labute approximate surface area is 104 Å². The molecule has 18 heavy (non-hydrogen) atoms. The molecule has 6 heteroatoms. The molecular formula is C12H14N2O4. The van der Waals surface area contributed by atoms with E-state index < -0.39 is 16.9 Å². The average molecular weight is 250 g/mol. The number of fused-ring (bicyclic) bond motifs is 1. The summed E-state index contributed by atoms with van der Waals surface area (Å²) in [6, 6.07) is 4.22. The molecule has 2 rings (SSSR count). The molecule has 0 bridgehead atoms. The predicted molar refractivity (Wildman–Crippen MR) is 64.3 cm³/mol. The molecule has 1 aromatic rings. The van der Waals surface area contributed by atoms with Crippen LogP contribution >= 0.6 is 0 Å². The second-order valence-electron chi connectivity index (χ2n) is 4.44. The van der Waals surface area contributed by atoms with Crippen molar-refractivity contribution in [1.29, 1.82) is 0 Å². The number of rotatable bonds is 3. The average Bonchev–Trinajstić information content (AvgIpc) is 2.36. The first-order valence-electron chi connectivity index (χ1n) is 5.72. The van der Waals surface area contributed by atoms with E-state index in [2.05, 4.69) is 0 Å². The fourth-order valence-electron chi connectivity index (χ4n) is 2.17. The van der Waals surface area contributed by atoms with Gasteiger partial charge in [-0.25, -0.2) is 0 Å². The van der Waals surface area contributed by atoms with Crippen molar-refractivity contribution in [3.8, 4) is 0 Å². The molecule has 1 aliphatic rings. The number of benzene rings is 1. The first kappa shape index (κ1) is 12.5. The first-order valence-corrected chi connectivity index (χ1v) is 5.72. The van der Waals surface area contributed by atoms with Crippen LogP contribution in [-0.2, 0) is 17.8 Å². The molecule has 0 spiro atoms. The fraction of sp³-hybridized carbons (Fsp3) is 0.417. The smallest absolute Gasteiger partial charge is 0.320 e. The Kier molecular flexibility index (Phi) is 3.29. The summed E-state index contributed by atoms with van der Waals surface area (Å²) in [7, 11) is 0. The van der Waals surface area contributed by atoms with Gasteiger partial charge in [-0.15, -0.1) is 0 Å². The van der Waals surface area contributed by atoms with Crippen LogP contribution in [0.25, 0.3) is 0 Å². The highest BCUT2D eigenvalue weighted by atomic mass is 16.6. The minimum atomic E-state index is -0.871. The second-order valence-corrected chi connectivity index (χ2v) is 4.44. The van der Waals surface area contributed by atoms with Crippen LogP contribution in [0.3, 0.4) is 0 Å². The molecule has 0 aliphatic carbocycles. The van der Waals surface area contributed by atoms with Gasteiger partial charge in [-0.1, -0.05) is 6.07 Å². The molecule has 0 saturated carbocycles. The van der Waals surface area contributed by atoms with Crippen LogP contribution in [-0.4, -0.2) is 33.5 Å². The third-order valence-electron chi connectivity index (χ3n) is 3.35. The van der Waals surface area contributed by atoms with Crippen molar-refractivity contribution >= 4 is 11.7 Å². The molecule has 1 aromatic carbocycles. The summed E-state index contributed by atoms with van der Waals surface area (Å²) < 4.78 is 0. The minimum Gasteiger partial charge on any atom is -0.480 e. The van der Waals surface area contributed by atoms with E-state index in [1.807, 2.05) is 4.90 Å². The predicted octanol–water partition coefficient (Wildman–Crippen LogP) is 1.43. The fourth-order valence-corrected chi connectivity index (χ4v) is 2.17. The third kappa shape index (κ3) is 2.33. The number of nitro benzene ring substituents is 1. The molecule has 0 amide bonds. The monoisotopic (exact) mass is 250 g/mol. The van der Waals surface area contributed by atoms with E-state index in [1.54, 1.807) is 13.0 Å². The van der Waals surface area contributed by atoms with Crippen LogP contribution in [0.1, 0.15) is 18.1 Å². The molecule has 1 unspecified atom stereocenters. The number of hydrogen-bond acceptors (Lipinski definition) is 4. The van der Waals surface area contributed by atoms with Crippen LogP contribution in [0.2, 0.25) is 0 Å². The van der Waals surface area contributed by atoms with E-state index in [4.69, 9.17) is 5.11 Å². The Morgan fingerprint density at radius 3 is 2.83 bits per heavy atom. The van der Waals surface area contributed by atoms with Gasteiger partial charge in [-0.2, -0.15) is 0 Å². The van der Waals surface area contributed by atoms with E-state index >= 15 is 0 Å². The summed E-state index contributed by atoms with van der Waals surface area (Å²) in [5.74, 6) is -0.871. The van der Waals surface area contributed by atoms with Gasteiger partial charge < -0.3 is 5.11 Å². The maximum atomic E-state index is 10.9. The molecule has 0 aromatic heterocycles. The van der Waals surface area contributed by atoms with Crippen molar-refractivity contribution in [3.05, 3.63) is 39.4 Å².